The maximum atomic E-state index is 14.4. The molecule has 4 fully saturated rings. The number of fused-ring (bicyclic) bond motifs is 2. The highest BCUT2D eigenvalue weighted by molar-refractivity contribution is 6.02. The first-order chi connectivity index (χ1) is 18.1. The molecule has 1 aliphatic heterocycles. The van der Waals surface area contributed by atoms with Gasteiger partial charge in [0.2, 0.25) is 0 Å². The third kappa shape index (κ3) is 3.05. The molecule has 1 atom stereocenters. The quantitative estimate of drug-likeness (QED) is 0.326. The number of aromatic nitrogens is 1. The van der Waals surface area contributed by atoms with Crippen molar-refractivity contribution in [1.82, 2.24) is 9.88 Å². The van der Waals surface area contributed by atoms with Crippen molar-refractivity contribution in [2.45, 2.75) is 50.1 Å². The third-order valence-corrected chi connectivity index (χ3v) is 9.86. The summed E-state index contributed by atoms with van der Waals surface area (Å²) >= 11 is 0. The lowest BCUT2D eigenvalue weighted by Gasteiger charge is -2.61. The molecule has 4 saturated carbocycles. The molecule has 5 aliphatic rings. The van der Waals surface area contributed by atoms with Crippen LogP contribution in [0.1, 0.15) is 66.1 Å². The van der Waals surface area contributed by atoms with Crippen molar-refractivity contribution in [2.75, 3.05) is 7.11 Å². The molecule has 4 aromatic rings. The number of nitrogens with one attached hydrogen (secondary N) is 1. The monoisotopic (exact) mass is 488 g/mol. The molecule has 37 heavy (non-hydrogen) atoms. The number of para-hydroxylation sites is 1. The van der Waals surface area contributed by atoms with E-state index in [1.807, 2.05) is 24.3 Å². The Bertz CT molecular complexity index is 1510. The van der Waals surface area contributed by atoms with Gasteiger partial charge in [0.25, 0.3) is 5.91 Å². The highest BCUT2D eigenvalue weighted by Crippen LogP contribution is 2.61. The Morgan fingerprint density at radius 2 is 1.57 bits per heavy atom. The summed E-state index contributed by atoms with van der Waals surface area (Å²) in [6, 6.07) is 25.1. The number of benzene rings is 3. The van der Waals surface area contributed by atoms with Crippen molar-refractivity contribution in [1.29, 1.82) is 0 Å². The van der Waals surface area contributed by atoms with E-state index < -0.39 is 0 Å². The van der Waals surface area contributed by atoms with E-state index in [4.69, 9.17) is 4.74 Å². The predicted octanol–water partition coefficient (Wildman–Crippen LogP) is 7.36. The highest BCUT2D eigenvalue weighted by atomic mass is 16.5. The van der Waals surface area contributed by atoms with Crippen LogP contribution in [0.2, 0.25) is 0 Å². The van der Waals surface area contributed by atoms with Gasteiger partial charge in [-0.15, -0.1) is 0 Å². The van der Waals surface area contributed by atoms with E-state index in [9.17, 15) is 4.79 Å². The van der Waals surface area contributed by atoms with Gasteiger partial charge in [-0.05, 0) is 86.1 Å². The molecule has 1 amide bonds. The summed E-state index contributed by atoms with van der Waals surface area (Å²) in [7, 11) is 1.71. The van der Waals surface area contributed by atoms with Crippen molar-refractivity contribution in [3.05, 3.63) is 89.5 Å². The van der Waals surface area contributed by atoms with Gasteiger partial charge in [0.15, 0.2) is 0 Å². The zero-order valence-corrected chi connectivity index (χ0v) is 21.2. The lowest BCUT2D eigenvalue weighted by Crippen LogP contribution is -2.61. The molecule has 1 N–H and O–H groups in total. The molecule has 0 spiro atoms. The number of carbonyl (C=O) groups excluding carboxylic acids is 1. The Labute approximate surface area is 217 Å². The van der Waals surface area contributed by atoms with E-state index in [1.165, 1.54) is 30.2 Å². The maximum absolute atomic E-state index is 14.4. The van der Waals surface area contributed by atoms with Crippen molar-refractivity contribution >= 4 is 16.8 Å². The standard InChI is InChI=1S/C33H32N2O2/c1-37-24-8-6-7-23(16-24)30-29(27-11-4-5-12-28(27)34-30)31-25-9-2-3-10-26(25)32(36)35(31)33-17-20-13-21(18-33)15-22(14-20)19-33/h2-12,16,20-22,31,34H,13-15,17-19H2,1H3/t20?,21?,22?,31-,33?/m0/s1. The SMILES string of the molecule is COc1cccc(-c2[nH]c3ccccc3c2[C@@H]2c3ccccc3C(=O)N2C23CC4CC(CC(C4)C2)C3)c1. The van der Waals surface area contributed by atoms with Crippen LogP contribution in [0.3, 0.4) is 0 Å². The molecule has 1 aromatic heterocycles. The van der Waals surface area contributed by atoms with Gasteiger partial charge < -0.3 is 14.6 Å². The van der Waals surface area contributed by atoms with Crippen molar-refractivity contribution in [3.63, 3.8) is 0 Å². The molecule has 0 saturated heterocycles. The van der Waals surface area contributed by atoms with Gasteiger partial charge in [-0.1, -0.05) is 48.5 Å². The molecule has 4 heteroatoms. The summed E-state index contributed by atoms with van der Waals surface area (Å²) in [4.78, 5) is 20.5. The second-order valence-corrected chi connectivity index (χ2v) is 12.0. The number of rotatable bonds is 4. The number of aromatic amines is 1. The number of methoxy groups -OCH3 is 1. The zero-order chi connectivity index (χ0) is 24.7. The van der Waals surface area contributed by atoms with Crippen LogP contribution >= 0.6 is 0 Å². The van der Waals surface area contributed by atoms with Gasteiger partial charge >= 0.3 is 0 Å². The predicted molar refractivity (Wildman–Crippen MR) is 146 cm³/mol. The summed E-state index contributed by atoms with van der Waals surface area (Å²) < 4.78 is 5.60. The summed E-state index contributed by atoms with van der Waals surface area (Å²) in [5.41, 5.74) is 6.49. The summed E-state index contributed by atoms with van der Waals surface area (Å²) in [6.07, 6.45) is 7.56. The number of hydrogen-bond donors (Lipinski definition) is 1. The Morgan fingerprint density at radius 1 is 0.865 bits per heavy atom. The number of carbonyl (C=O) groups is 1. The molecule has 3 aromatic carbocycles. The van der Waals surface area contributed by atoms with Crippen LogP contribution in [-0.4, -0.2) is 28.4 Å². The summed E-state index contributed by atoms with van der Waals surface area (Å²) in [5.74, 6) is 3.37. The third-order valence-electron chi connectivity index (χ3n) is 9.86. The fourth-order valence-corrected chi connectivity index (χ4v) is 8.90. The van der Waals surface area contributed by atoms with Crippen LogP contribution in [0, 0.1) is 17.8 Å². The average molecular weight is 489 g/mol. The van der Waals surface area contributed by atoms with Crippen LogP contribution in [0.25, 0.3) is 22.2 Å². The molecular weight excluding hydrogens is 456 g/mol. The van der Waals surface area contributed by atoms with Crippen molar-refractivity contribution in [3.8, 4) is 17.0 Å². The second kappa shape index (κ2) is 7.74. The number of H-pyrrole nitrogens is 1. The van der Waals surface area contributed by atoms with E-state index in [-0.39, 0.29) is 17.5 Å². The van der Waals surface area contributed by atoms with E-state index in [1.54, 1.807) is 7.11 Å². The van der Waals surface area contributed by atoms with Crippen molar-refractivity contribution < 1.29 is 9.53 Å². The number of ether oxygens (including phenoxy) is 1. The number of nitrogens with zero attached hydrogens (tertiary/aromatic N) is 1. The molecule has 0 unspecified atom stereocenters. The van der Waals surface area contributed by atoms with Crippen LogP contribution < -0.4 is 4.74 Å². The average Bonchev–Trinajstić information content (AvgIpc) is 3.43. The van der Waals surface area contributed by atoms with Crippen LogP contribution in [0.15, 0.2) is 72.8 Å². The van der Waals surface area contributed by atoms with Gasteiger partial charge in [0.1, 0.15) is 5.75 Å². The fourth-order valence-electron chi connectivity index (χ4n) is 8.90. The Kier molecular flexibility index (Phi) is 4.51. The van der Waals surface area contributed by atoms with Crippen LogP contribution in [0.5, 0.6) is 5.75 Å². The molecule has 4 bridgehead atoms. The minimum absolute atomic E-state index is 0.0421. The first-order valence-electron chi connectivity index (χ1n) is 13.8. The lowest BCUT2D eigenvalue weighted by molar-refractivity contribution is -0.0805. The van der Waals surface area contributed by atoms with Crippen LogP contribution in [-0.2, 0) is 0 Å². The molecule has 9 rings (SSSR count). The zero-order valence-electron chi connectivity index (χ0n) is 21.2. The van der Waals surface area contributed by atoms with Gasteiger partial charge in [-0.3, -0.25) is 4.79 Å². The van der Waals surface area contributed by atoms with Gasteiger partial charge in [-0.25, -0.2) is 0 Å². The van der Waals surface area contributed by atoms with E-state index in [2.05, 4.69) is 58.4 Å². The minimum Gasteiger partial charge on any atom is -0.497 e. The van der Waals surface area contributed by atoms with Gasteiger partial charge in [0.05, 0.1) is 18.8 Å². The molecular formula is C33H32N2O2. The Morgan fingerprint density at radius 3 is 2.32 bits per heavy atom. The molecule has 0 radical (unpaired) electrons. The first-order valence-corrected chi connectivity index (χ1v) is 13.8. The molecule has 2 heterocycles. The fraction of sp³-hybridized carbons (Fsp3) is 0.364. The normalized spacial score (nSPS) is 29.8. The van der Waals surface area contributed by atoms with Gasteiger partial charge in [0, 0.05) is 33.1 Å². The van der Waals surface area contributed by atoms with E-state index in [0.29, 0.717) is 0 Å². The summed E-state index contributed by atoms with van der Waals surface area (Å²) in [5, 5.41) is 1.20. The number of hydrogen-bond acceptors (Lipinski definition) is 2. The topological polar surface area (TPSA) is 45.3 Å². The van der Waals surface area contributed by atoms with E-state index >= 15 is 0 Å². The molecule has 186 valence electrons. The summed E-state index contributed by atoms with van der Waals surface area (Å²) in [6.45, 7) is 0. The van der Waals surface area contributed by atoms with E-state index in [0.717, 1.165) is 70.7 Å². The highest BCUT2D eigenvalue weighted by Gasteiger charge is 2.58. The van der Waals surface area contributed by atoms with Gasteiger partial charge in [-0.2, -0.15) is 0 Å². The van der Waals surface area contributed by atoms with Crippen LogP contribution in [0.4, 0.5) is 0 Å². The first kappa shape index (κ1) is 21.5. The second-order valence-electron chi connectivity index (χ2n) is 12.0. The Balaban J connectivity index is 1.39. The Hall–Kier alpha value is -3.53. The minimum atomic E-state index is -0.0997. The largest absolute Gasteiger partial charge is 0.497 e. The lowest BCUT2D eigenvalue weighted by atomic mass is 9.52. The molecule has 4 aliphatic carbocycles. The van der Waals surface area contributed by atoms with Crippen molar-refractivity contribution in [2.24, 2.45) is 17.8 Å². The molecule has 4 nitrogen and oxygen atoms in total. The maximum Gasteiger partial charge on any atom is 0.255 e. The smallest absolute Gasteiger partial charge is 0.255 e. The number of amides is 1.